The van der Waals surface area contributed by atoms with Gasteiger partial charge in [0.1, 0.15) is 6.04 Å². The van der Waals surface area contributed by atoms with Gasteiger partial charge in [0.05, 0.1) is 12.2 Å². The lowest BCUT2D eigenvalue weighted by molar-refractivity contribution is -0.132. The van der Waals surface area contributed by atoms with E-state index in [0.717, 1.165) is 16.3 Å². The summed E-state index contributed by atoms with van der Waals surface area (Å²) in [6.07, 6.45) is 1.08. The Bertz CT molecular complexity index is 911. The van der Waals surface area contributed by atoms with Crippen LogP contribution in [-0.2, 0) is 24.2 Å². The average Bonchev–Trinajstić information content (AvgIpc) is 3.21. The molecule has 0 radical (unpaired) electrons. The molecule has 1 fully saturated rings. The smallest absolute Gasteiger partial charge is 0.252 e. The van der Waals surface area contributed by atoms with E-state index >= 15 is 0 Å². The van der Waals surface area contributed by atoms with Gasteiger partial charge in [-0.15, -0.1) is 0 Å². The molecule has 3 aliphatic rings. The Kier molecular flexibility index (Phi) is 3.91. The van der Waals surface area contributed by atoms with E-state index < -0.39 is 11.5 Å². The van der Waals surface area contributed by atoms with Gasteiger partial charge in [-0.3, -0.25) is 4.79 Å². The van der Waals surface area contributed by atoms with Crippen LogP contribution in [0.4, 0.5) is 19.6 Å². The third kappa shape index (κ3) is 3.13. The molecule has 1 aliphatic carbocycles. The lowest BCUT2D eigenvalue weighted by atomic mass is 9.75. The number of halogens is 2. The van der Waals surface area contributed by atoms with E-state index in [1.165, 1.54) is 16.9 Å². The topological polar surface area (TPSA) is 57.3 Å². The fourth-order valence-electron chi connectivity index (χ4n) is 4.54. The minimum absolute atomic E-state index is 0.107. The van der Waals surface area contributed by atoms with Crippen LogP contribution in [0.15, 0.2) is 24.3 Å². The second-order valence-corrected chi connectivity index (χ2v) is 9.44. The molecule has 0 bridgehead atoms. The summed E-state index contributed by atoms with van der Waals surface area (Å²) in [5.41, 5.74) is 2.59. The second-order valence-electron chi connectivity index (χ2n) is 8.35. The van der Waals surface area contributed by atoms with Gasteiger partial charge in [0.15, 0.2) is 5.13 Å². The van der Waals surface area contributed by atoms with E-state index in [9.17, 15) is 13.6 Å². The van der Waals surface area contributed by atoms with Crippen LogP contribution in [0.1, 0.15) is 35.9 Å². The minimum atomic E-state index is -2.58. The van der Waals surface area contributed by atoms with Crippen molar-refractivity contribution in [1.29, 1.82) is 0 Å². The summed E-state index contributed by atoms with van der Waals surface area (Å²) >= 11 is 1.48. The first-order chi connectivity index (χ1) is 13.3. The van der Waals surface area contributed by atoms with Gasteiger partial charge < -0.3 is 15.5 Å². The maximum absolute atomic E-state index is 13.2. The van der Waals surface area contributed by atoms with Gasteiger partial charge in [0.2, 0.25) is 5.91 Å². The van der Waals surface area contributed by atoms with Crippen molar-refractivity contribution < 1.29 is 13.6 Å². The number of aromatic nitrogens is 1. The number of nitrogens with zero attached hydrogens (tertiary/aromatic N) is 2. The number of carbonyl (C=O) groups is 1. The monoisotopic (exact) mass is 404 g/mol. The van der Waals surface area contributed by atoms with Crippen molar-refractivity contribution in [2.45, 2.75) is 56.7 Å². The molecule has 0 spiro atoms. The number of fused-ring (bicyclic) bond motifs is 2. The largest absolute Gasteiger partial charge is 0.373 e. The summed E-state index contributed by atoms with van der Waals surface area (Å²) in [7, 11) is 0. The first-order valence-corrected chi connectivity index (χ1v) is 10.4. The fraction of sp³-hybridized carbons (Fsp3) is 0.500. The Labute approximate surface area is 166 Å². The predicted molar refractivity (Wildman–Crippen MR) is 105 cm³/mol. The minimum Gasteiger partial charge on any atom is -0.373 e. The zero-order chi connectivity index (χ0) is 19.5. The molecular formula is C20H22F2N4OS. The predicted octanol–water partition coefficient (Wildman–Crippen LogP) is 3.66. The van der Waals surface area contributed by atoms with Crippen molar-refractivity contribution in [3.63, 3.8) is 0 Å². The zero-order valence-corrected chi connectivity index (χ0v) is 16.4. The summed E-state index contributed by atoms with van der Waals surface area (Å²) in [5, 5.41) is 7.20. The third-order valence-corrected chi connectivity index (χ3v) is 6.82. The SMILES string of the molecule is CC1(Nc2nc3c(s2)CN(C(=O)C2Cc4ccccc4N2)CC3)CC(F)(F)C1. The van der Waals surface area contributed by atoms with Crippen LogP contribution in [0.5, 0.6) is 0 Å². The van der Waals surface area contributed by atoms with Crippen molar-refractivity contribution >= 4 is 28.1 Å². The highest BCUT2D eigenvalue weighted by Gasteiger charge is 2.54. The number of carbonyl (C=O) groups excluding carboxylic acids is 1. The van der Waals surface area contributed by atoms with Gasteiger partial charge in [-0.05, 0) is 18.6 Å². The quantitative estimate of drug-likeness (QED) is 0.820. The van der Waals surface area contributed by atoms with Gasteiger partial charge in [0, 0.05) is 48.3 Å². The summed E-state index contributed by atoms with van der Waals surface area (Å²) < 4.78 is 26.5. The number of nitrogens with one attached hydrogen (secondary N) is 2. The molecule has 3 heterocycles. The Balaban J connectivity index is 1.25. The third-order valence-electron chi connectivity index (χ3n) is 5.82. The van der Waals surface area contributed by atoms with E-state index in [4.69, 9.17) is 0 Å². The first kappa shape index (κ1) is 17.8. The van der Waals surface area contributed by atoms with Crippen molar-refractivity contribution in [2.75, 3.05) is 17.2 Å². The lowest BCUT2D eigenvalue weighted by Crippen LogP contribution is -2.54. The molecule has 0 saturated heterocycles. The van der Waals surface area contributed by atoms with E-state index in [0.29, 0.717) is 31.1 Å². The van der Waals surface area contributed by atoms with Crippen molar-refractivity contribution in [1.82, 2.24) is 9.88 Å². The highest BCUT2D eigenvalue weighted by molar-refractivity contribution is 7.15. The maximum Gasteiger partial charge on any atom is 0.252 e. The molecule has 5 rings (SSSR count). The number of benzene rings is 1. The van der Waals surface area contributed by atoms with Gasteiger partial charge in [0.25, 0.3) is 5.92 Å². The number of para-hydroxylation sites is 1. The fourth-order valence-corrected chi connectivity index (χ4v) is 5.71. The van der Waals surface area contributed by atoms with Crippen LogP contribution in [-0.4, -0.2) is 39.8 Å². The molecule has 1 aromatic carbocycles. The molecule has 1 aromatic heterocycles. The Hall–Kier alpha value is -2.22. The zero-order valence-electron chi connectivity index (χ0n) is 15.6. The number of anilines is 2. The number of thiazole rings is 1. The van der Waals surface area contributed by atoms with Crippen LogP contribution in [0, 0.1) is 0 Å². The van der Waals surface area contributed by atoms with E-state index in [1.807, 2.05) is 30.0 Å². The van der Waals surface area contributed by atoms with E-state index in [-0.39, 0.29) is 24.8 Å². The molecule has 5 nitrogen and oxygen atoms in total. The summed E-state index contributed by atoms with van der Waals surface area (Å²) in [4.78, 5) is 20.5. The molecule has 148 valence electrons. The summed E-state index contributed by atoms with van der Waals surface area (Å²) in [6.45, 7) is 2.98. The van der Waals surface area contributed by atoms with Gasteiger partial charge in [-0.1, -0.05) is 29.5 Å². The second kappa shape index (κ2) is 6.14. The average molecular weight is 404 g/mol. The molecule has 2 aromatic rings. The highest BCUT2D eigenvalue weighted by Crippen LogP contribution is 2.47. The Morgan fingerprint density at radius 2 is 2.14 bits per heavy atom. The van der Waals surface area contributed by atoms with Crippen molar-refractivity contribution in [2.24, 2.45) is 0 Å². The van der Waals surface area contributed by atoms with Crippen LogP contribution in [0.2, 0.25) is 0 Å². The molecule has 1 unspecified atom stereocenters. The van der Waals surface area contributed by atoms with Crippen molar-refractivity contribution in [3.05, 3.63) is 40.4 Å². The maximum atomic E-state index is 13.2. The van der Waals surface area contributed by atoms with E-state index in [2.05, 4.69) is 21.7 Å². The molecule has 1 saturated carbocycles. The molecule has 2 N–H and O–H groups in total. The number of hydrogen-bond acceptors (Lipinski definition) is 5. The molecule has 1 atom stereocenters. The van der Waals surface area contributed by atoms with Crippen LogP contribution < -0.4 is 10.6 Å². The van der Waals surface area contributed by atoms with Gasteiger partial charge >= 0.3 is 0 Å². The van der Waals surface area contributed by atoms with E-state index in [1.54, 1.807) is 0 Å². The molecule has 8 heteroatoms. The van der Waals surface area contributed by atoms with Gasteiger partial charge in [-0.25, -0.2) is 13.8 Å². The number of rotatable bonds is 3. The van der Waals surface area contributed by atoms with Crippen LogP contribution in [0.3, 0.4) is 0 Å². The molecule has 28 heavy (non-hydrogen) atoms. The number of hydrogen-bond donors (Lipinski definition) is 2. The van der Waals surface area contributed by atoms with Crippen molar-refractivity contribution in [3.8, 4) is 0 Å². The molecular weight excluding hydrogens is 382 g/mol. The Morgan fingerprint density at radius 1 is 1.36 bits per heavy atom. The summed E-state index contributed by atoms with van der Waals surface area (Å²) in [6, 6.07) is 7.79. The molecule has 2 aliphatic heterocycles. The van der Waals surface area contributed by atoms with Gasteiger partial charge in [-0.2, -0.15) is 0 Å². The normalized spacial score (nSPS) is 24.0. The van der Waals surface area contributed by atoms with Crippen LogP contribution >= 0.6 is 11.3 Å². The number of alkyl halides is 2. The molecule has 1 amide bonds. The Morgan fingerprint density at radius 3 is 2.89 bits per heavy atom. The standard InChI is InChI=1S/C20H22F2N4OS/c1-19(10-20(21,22)11-19)25-18-24-14-6-7-26(9-16(14)28-18)17(27)15-8-12-4-2-3-5-13(12)23-15/h2-5,15,23H,6-11H2,1H3,(H,24,25). The van der Waals surface area contributed by atoms with Crippen LogP contribution in [0.25, 0.3) is 0 Å². The lowest BCUT2D eigenvalue weighted by Gasteiger charge is -2.45. The number of amides is 1. The summed E-state index contributed by atoms with van der Waals surface area (Å²) in [5.74, 6) is -2.47. The first-order valence-electron chi connectivity index (χ1n) is 9.58. The highest BCUT2D eigenvalue weighted by atomic mass is 32.1.